The topological polar surface area (TPSA) is 38.0 Å². The summed E-state index contributed by atoms with van der Waals surface area (Å²) in [6.45, 7) is 0.272. The number of nitrogens with one attached hydrogen (secondary N) is 1. The largest absolute Gasteiger partial charge is 0.399 e. The second-order valence-corrected chi connectivity index (χ2v) is 5.68. The lowest BCUT2D eigenvalue weighted by Gasteiger charge is -2.12. The summed E-state index contributed by atoms with van der Waals surface area (Å²) < 4.78 is 14.4. The first-order chi connectivity index (χ1) is 8.97. The van der Waals surface area contributed by atoms with Gasteiger partial charge in [-0.2, -0.15) is 0 Å². The zero-order chi connectivity index (χ0) is 14.0. The van der Waals surface area contributed by atoms with Crippen molar-refractivity contribution >= 4 is 50.5 Å². The number of benzene rings is 2. The highest BCUT2D eigenvalue weighted by Crippen LogP contribution is 2.33. The van der Waals surface area contributed by atoms with Crippen LogP contribution in [0.15, 0.2) is 34.8 Å². The van der Waals surface area contributed by atoms with Crippen LogP contribution in [0.3, 0.4) is 0 Å². The molecular weight excluding hydrogens is 354 g/mol. The second kappa shape index (κ2) is 5.99. The van der Waals surface area contributed by atoms with Crippen LogP contribution >= 0.6 is 39.1 Å². The van der Waals surface area contributed by atoms with E-state index in [-0.39, 0.29) is 12.4 Å². The molecular formula is C13H10BrCl2FN2. The van der Waals surface area contributed by atoms with Crippen molar-refractivity contribution in [2.45, 2.75) is 6.54 Å². The third-order valence-electron chi connectivity index (χ3n) is 2.53. The summed E-state index contributed by atoms with van der Waals surface area (Å²) in [6.07, 6.45) is 0. The molecule has 0 heterocycles. The van der Waals surface area contributed by atoms with Crippen LogP contribution < -0.4 is 11.1 Å². The van der Waals surface area contributed by atoms with Gasteiger partial charge in [-0.1, -0.05) is 39.1 Å². The number of rotatable bonds is 3. The van der Waals surface area contributed by atoms with Gasteiger partial charge in [0.05, 0.1) is 15.7 Å². The summed E-state index contributed by atoms with van der Waals surface area (Å²) in [5, 5.41) is 3.82. The Balaban J connectivity index is 2.21. The van der Waals surface area contributed by atoms with Crippen molar-refractivity contribution in [2.24, 2.45) is 0 Å². The Morgan fingerprint density at radius 3 is 2.42 bits per heavy atom. The van der Waals surface area contributed by atoms with Crippen molar-refractivity contribution in [3.63, 3.8) is 0 Å². The van der Waals surface area contributed by atoms with Crippen molar-refractivity contribution in [3.8, 4) is 0 Å². The van der Waals surface area contributed by atoms with Gasteiger partial charge in [-0.15, -0.1) is 0 Å². The first-order valence-corrected chi connectivity index (χ1v) is 6.94. The molecule has 6 heteroatoms. The minimum atomic E-state index is -0.293. The number of anilines is 2. The van der Waals surface area contributed by atoms with Crippen molar-refractivity contribution in [1.29, 1.82) is 0 Å². The Kier molecular flexibility index (Phi) is 4.55. The molecule has 0 bridgehead atoms. The average Bonchev–Trinajstić information content (AvgIpc) is 2.32. The van der Waals surface area contributed by atoms with Crippen LogP contribution in [0.1, 0.15) is 5.56 Å². The lowest BCUT2D eigenvalue weighted by molar-refractivity contribution is 0.612. The number of hydrogen-bond acceptors (Lipinski definition) is 2. The van der Waals surface area contributed by atoms with E-state index in [0.717, 1.165) is 4.47 Å². The maximum atomic E-state index is 13.6. The highest BCUT2D eigenvalue weighted by Gasteiger charge is 2.09. The van der Waals surface area contributed by atoms with Crippen LogP contribution in [0.5, 0.6) is 0 Å². The molecule has 100 valence electrons. The zero-order valence-corrected chi connectivity index (χ0v) is 12.8. The summed E-state index contributed by atoms with van der Waals surface area (Å²) in [5.41, 5.74) is 7.15. The van der Waals surface area contributed by atoms with E-state index in [1.54, 1.807) is 24.3 Å². The minimum absolute atomic E-state index is 0.272. The molecule has 2 rings (SSSR count). The highest BCUT2D eigenvalue weighted by molar-refractivity contribution is 9.10. The summed E-state index contributed by atoms with van der Waals surface area (Å²) in [6, 6.07) is 7.91. The van der Waals surface area contributed by atoms with E-state index in [4.69, 9.17) is 28.9 Å². The first-order valence-electron chi connectivity index (χ1n) is 5.39. The molecule has 0 saturated carbocycles. The fourth-order valence-corrected chi connectivity index (χ4v) is 2.67. The average molecular weight is 364 g/mol. The minimum Gasteiger partial charge on any atom is -0.399 e. The molecule has 0 aromatic heterocycles. The fraction of sp³-hybridized carbons (Fsp3) is 0.0769. The van der Waals surface area contributed by atoms with Crippen molar-refractivity contribution in [3.05, 3.63) is 56.2 Å². The van der Waals surface area contributed by atoms with Gasteiger partial charge in [0.2, 0.25) is 0 Å². The van der Waals surface area contributed by atoms with Crippen LogP contribution in [0, 0.1) is 5.82 Å². The van der Waals surface area contributed by atoms with Gasteiger partial charge in [0.25, 0.3) is 0 Å². The lowest BCUT2D eigenvalue weighted by Crippen LogP contribution is -2.03. The molecule has 2 aromatic carbocycles. The molecule has 2 aromatic rings. The fourth-order valence-electron chi connectivity index (χ4n) is 1.62. The Labute approximate surface area is 128 Å². The van der Waals surface area contributed by atoms with Gasteiger partial charge < -0.3 is 11.1 Å². The zero-order valence-electron chi connectivity index (χ0n) is 9.68. The molecule has 0 saturated heterocycles. The van der Waals surface area contributed by atoms with E-state index in [1.807, 2.05) is 0 Å². The summed E-state index contributed by atoms with van der Waals surface area (Å²) in [5.74, 6) is -0.293. The Hall–Kier alpha value is -0.970. The van der Waals surface area contributed by atoms with Gasteiger partial charge in [0.1, 0.15) is 5.82 Å². The molecule has 0 fully saturated rings. The van der Waals surface area contributed by atoms with Crippen LogP contribution in [0.2, 0.25) is 10.0 Å². The molecule has 0 spiro atoms. The molecule has 0 aliphatic carbocycles. The van der Waals surface area contributed by atoms with E-state index < -0.39 is 0 Å². The SMILES string of the molecule is Nc1cc(Cl)c(NCc2cc(Br)ccc2F)c(Cl)c1. The van der Waals surface area contributed by atoms with Gasteiger partial charge in [-0.3, -0.25) is 0 Å². The summed E-state index contributed by atoms with van der Waals surface area (Å²) in [7, 11) is 0. The van der Waals surface area contributed by atoms with E-state index in [1.165, 1.54) is 6.07 Å². The number of nitrogens with two attached hydrogens (primary N) is 1. The van der Waals surface area contributed by atoms with Gasteiger partial charge in [0, 0.05) is 22.3 Å². The van der Waals surface area contributed by atoms with E-state index >= 15 is 0 Å². The smallest absolute Gasteiger partial charge is 0.128 e. The van der Waals surface area contributed by atoms with E-state index in [0.29, 0.717) is 27.0 Å². The molecule has 2 nitrogen and oxygen atoms in total. The predicted octanol–water partition coefficient (Wildman–Crippen LogP) is 5.09. The van der Waals surface area contributed by atoms with Gasteiger partial charge >= 0.3 is 0 Å². The molecule has 19 heavy (non-hydrogen) atoms. The monoisotopic (exact) mass is 362 g/mol. The number of halogens is 4. The quantitative estimate of drug-likeness (QED) is 0.745. The van der Waals surface area contributed by atoms with Crippen LogP contribution in [-0.4, -0.2) is 0 Å². The predicted molar refractivity (Wildman–Crippen MR) is 82.3 cm³/mol. The lowest BCUT2D eigenvalue weighted by atomic mass is 10.2. The number of hydrogen-bond donors (Lipinski definition) is 2. The van der Waals surface area contributed by atoms with Gasteiger partial charge in [0.15, 0.2) is 0 Å². The third kappa shape index (κ3) is 3.53. The molecule has 0 atom stereocenters. The normalized spacial score (nSPS) is 10.5. The molecule has 0 aliphatic rings. The Morgan fingerprint density at radius 1 is 1.16 bits per heavy atom. The van der Waals surface area contributed by atoms with E-state index in [9.17, 15) is 4.39 Å². The maximum Gasteiger partial charge on any atom is 0.128 e. The standard InChI is InChI=1S/C13H10BrCl2FN2/c14-8-1-2-12(17)7(3-8)6-19-13-10(15)4-9(18)5-11(13)16/h1-5,19H,6,18H2. The van der Waals surface area contributed by atoms with E-state index in [2.05, 4.69) is 21.2 Å². The molecule has 0 aliphatic heterocycles. The molecule has 0 radical (unpaired) electrons. The maximum absolute atomic E-state index is 13.6. The van der Waals surface area contributed by atoms with Crippen LogP contribution in [0.4, 0.5) is 15.8 Å². The van der Waals surface area contributed by atoms with Crippen LogP contribution in [-0.2, 0) is 6.54 Å². The van der Waals surface area contributed by atoms with Gasteiger partial charge in [-0.05, 0) is 30.3 Å². The second-order valence-electron chi connectivity index (χ2n) is 3.95. The number of nitrogen functional groups attached to an aromatic ring is 1. The molecule has 3 N–H and O–H groups in total. The first kappa shape index (κ1) is 14.4. The summed E-state index contributed by atoms with van der Waals surface area (Å²) in [4.78, 5) is 0. The van der Waals surface area contributed by atoms with Crippen molar-refractivity contribution in [2.75, 3.05) is 11.1 Å². The highest BCUT2D eigenvalue weighted by atomic mass is 79.9. The van der Waals surface area contributed by atoms with Crippen molar-refractivity contribution < 1.29 is 4.39 Å². The van der Waals surface area contributed by atoms with Crippen LogP contribution in [0.25, 0.3) is 0 Å². The molecule has 0 amide bonds. The Morgan fingerprint density at radius 2 is 1.79 bits per heavy atom. The molecule has 0 unspecified atom stereocenters. The van der Waals surface area contributed by atoms with Crippen molar-refractivity contribution in [1.82, 2.24) is 0 Å². The third-order valence-corrected chi connectivity index (χ3v) is 3.62. The Bertz CT molecular complexity index is 597. The summed E-state index contributed by atoms with van der Waals surface area (Å²) >= 11 is 15.4. The van der Waals surface area contributed by atoms with Gasteiger partial charge in [-0.25, -0.2) is 4.39 Å².